The SMILES string of the molecule is CCn1c(Cc2ccc(F)c(Cl)n2)cc(=O)c(C(=O)O)c1-c1ccc(Cl)c(Cl)c1. The van der Waals surface area contributed by atoms with Gasteiger partial charge in [0.25, 0.3) is 0 Å². The fourth-order valence-electron chi connectivity index (χ4n) is 3.09. The number of aromatic carboxylic acids is 1. The Labute approximate surface area is 180 Å². The highest BCUT2D eigenvalue weighted by Gasteiger charge is 2.22. The summed E-state index contributed by atoms with van der Waals surface area (Å²) in [6, 6.07) is 8.52. The second kappa shape index (κ2) is 8.53. The van der Waals surface area contributed by atoms with Gasteiger partial charge in [0.15, 0.2) is 16.4 Å². The second-order valence-corrected chi connectivity index (χ2v) is 7.33. The highest BCUT2D eigenvalue weighted by molar-refractivity contribution is 6.42. The monoisotopic (exact) mass is 454 g/mol. The Morgan fingerprint density at radius 1 is 1.14 bits per heavy atom. The number of carbonyl (C=O) groups is 1. The van der Waals surface area contributed by atoms with Crippen molar-refractivity contribution in [1.82, 2.24) is 9.55 Å². The molecule has 9 heteroatoms. The van der Waals surface area contributed by atoms with E-state index in [2.05, 4.69) is 4.98 Å². The molecule has 0 aliphatic rings. The Bertz CT molecular complexity index is 1180. The molecule has 0 saturated carbocycles. The summed E-state index contributed by atoms with van der Waals surface area (Å²) in [6.45, 7) is 2.17. The first-order valence-electron chi connectivity index (χ1n) is 8.49. The van der Waals surface area contributed by atoms with E-state index in [0.717, 1.165) is 0 Å². The third-order valence-electron chi connectivity index (χ3n) is 4.34. The molecule has 1 N–H and O–H groups in total. The first-order valence-corrected chi connectivity index (χ1v) is 9.62. The van der Waals surface area contributed by atoms with Gasteiger partial charge in [-0.25, -0.2) is 14.2 Å². The predicted molar refractivity (Wildman–Crippen MR) is 111 cm³/mol. The van der Waals surface area contributed by atoms with Gasteiger partial charge in [-0.3, -0.25) is 4.79 Å². The molecule has 0 spiro atoms. The smallest absolute Gasteiger partial charge is 0.341 e. The molecule has 150 valence electrons. The molecule has 0 fully saturated rings. The minimum atomic E-state index is -1.35. The largest absolute Gasteiger partial charge is 0.477 e. The van der Waals surface area contributed by atoms with Crippen LogP contribution in [0.4, 0.5) is 4.39 Å². The molecule has 0 unspecified atom stereocenters. The van der Waals surface area contributed by atoms with Crippen LogP contribution in [0.5, 0.6) is 0 Å². The molecule has 2 heterocycles. The molecule has 2 aromatic heterocycles. The van der Waals surface area contributed by atoms with Gasteiger partial charge in [-0.15, -0.1) is 0 Å². The van der Waals surface area contributed by atoms with E-state index >= 15 is 0 Å². The van der Waals surface area contributed by atoms with E-state index in [1.807, 2.05) is 6.92 Å². The molecule has 0 radical (unpaired) electrons. The third kappa shape index (κ3) is 4.29. The van der Waals surface area contributed by atoms with Gasteiger partial charge in [0.1, 0.15) is 5.56 Å². The lowest BCUT2D eigenvalue weighted by Gasteiger charge is -2.20. The number of aromatic nitrogens is 2. The predicted octanol–water partition coefficient (Wildman–Crippen LogP) is 5.32. The summed E-state index contributed by atoms with van der Waals surface area (Å²) in [5, 5.41) is 9.91. The number of hydrogen-bond donors (Lipinski definition) is 1. The van der Waals surface area contributed by atoms with E-state index in [4.69, 9.17) is 34.8 Å². The van der Waals surface area contributed by atoms with Gasteiger partial charge in [0, 0.05) is 36.0 Å². The fraction of sp³-hybridized carbons (Fsp3) is 0.150. The summed E-state index contributed by atoms with van der Waals surface area (Å²) in [6.07, 6.45) is 0.150. The molecule has 29 heavy (non-hydrogen) atoms. The number of rotatable bonds is 5. The Kier molecular flexibility index (Phi) is 6.27. The number of hydrogen-bond acceptors (Lipinski definition) is 3. The van der Waals surface area contributed by atoms with Crippen molar-refractivity contribution in [3.8, 4) is 11.3 Å². The maximum absolute atomic E-state index is 13.4. The maximum atomic E-state index is 13.4. The van der Waals surface area contributed by atoms with Crippen LogP contribution in [-0.4, -0.2) is 20.6 Å². The Balaban J connectivity index is 2.27. The standard InChI is InChI=1S/C20H14Cl3FN2O3/c1-2-26-12(8-11-4-6-15(24)19(23)25-11)9-16(27)17(20(28)29)18(26)10-3-5-13(21)14(22)7-10/h3-7,9H,2,8H2,1H3,(H,28,29). The van der Waals surface area contributed by atoms with Gasteiger partial charge in [-0.05, 0) is 31.2 Å². The van der Waals surface area contributed by atoms with Gasteiger partial charge < -0.3 is 9.67 Å². The molecular formula is C20H14Cl3FN2O3. The molecule has 0 amide bonds. The number of pyridine rings is 2. The van der Waals surface area contributed by atoms with E-state index < -0.39 is 17.2 Å². The van der Waals surface area contributed by atoms with Crippen LogP contribution in [0.15, 0.2) is 41.2 Å². The van der Waals surface area contributed by atoms with Crippen LogP contribution in [0, 0.1) is 5.82 Å². The molecule has 0 atom stereocenters. The molecule has 0 saturated heterocycles. The van der Waals surface area contributed by atoms with Crippen LogP contribution in [0.1, 0.15) is 28.7 Å². The molecule has 5 nitrogen and oxygen atoms in total. The maximum Gasteiger partial charge on any atom is 0.341 e. The summed E-state index contributed by atoms with van der Waals surface area (Å²) in [7, 11) is 0. The number of nitrogens with zero attached hydrogens (tertiary/aromatic N) is 2. The van der Waals surface area contributed by atoms with Crippen LogP contribution in [0.3, 0.4) is 0 Å². The number of benzene rings is 1. The topological polar surface area (TPSA) is 72.2 Å². The van der Waals surface area contributed by atoms with Crippen LogP contribution in [0.25, 0.3) is 11.3 Å². The van der Waals surface area contributed by atoms with Crippen molar-refractivity contribution in [2.75, 3.05) is 0 Å². The van der Waals surface area contributed by atoms with Crippen LogP contribution < -0.4 is 5.43 Å². The van der Waals surface area contributed by atoms with Gasteiger partial charge in [0.2, 0.25) is 0 Å². The zero-order valence-electron chi connectivity index (χ0n) is 15.0. The average Bonchev–Trinajstić information content (AvgIpc) is 2.66. The quantitative estimate of drug-likeness (QED) is 0.529. The van der Waals surface area contributed by atoms with E-state index in [-0.39, 0.29) is 27.9 Å². The fourth-order valence-corrected chi connectivity index (χ4v) is 3.56. The molecular weight excluding hydrogens is 442 g/mol. The molecule has 3 rings (SSSR count). The van der Waals surface area contributed by atoms with Crippen molar-refractivity contribution in [1.29, 1.82) is 0 Å². The highest BCUT2D eigenvalue weighted by Crippen LogP contribution is 2.31. The zero-order chi connectivity index (χ0) is 21.3. The highest BCUT2D eigenvalue weighted by atomic mass is 35.5. The molecule has 0 aliphatic carbocycles. The van der Waals surface area contributed by atoms with Gasteiger partial charge in [-0.1, -0.05) is 40.9 Å². The Hall–Kier alpha value is -2.41. The third-order valence-corrected chi connectivity index (χ3v) is 5.35. The Morgan fingerprint density at radius 2 is 1.86 bits per heavy atom. The van der Waals surface area contributed by atoms with Crippen LogP contribution >= 0.6 is 34.8 Å². The second-order valence-electron chi connectivity index (χ2n) is 6.15. The van der Waals surface area contributed by atoms with Crippen molar-refractivity contribution in [3.63, 3.8) is 0 Å². The van der Waals surface area contributed by atoms with E-state index in [0.29, 0.717) is 28.5 Å². The van der Waals surface area contributed by atoms with Gasteiger partial charge in [0.05, 0.1) is 15.7 Å². The summed E-state index contributed by atoms with van der Waals surface area (Å²) in [5.41, 5.74) is 0.530. The molecule has 0 aliphatic heterocycles. The van der Waals surface area contributed by atoms with Crippen molar-refractivity contribution in [3.05, 3.63) is 84.6 Å². The van der Waals surface area contributed by atoms with E-state index in [9.17, 15) is 19.1 Å². The minimum absolute atomic E-state index is 0.150. The number of halogens is 4. The van der Waals surface area contributed by atoms with Crippen molar-refractivity contribution >= 4 is 40.8 Å². The molecule has 1 aromatic carbocycles. The first-order chi connectivity index (χ1) is 13.7. The van der Waals surface area contributed by atoms with Crippen molar-refractivity contribution in [2.24, 2.45) is 0 Å². The lowest BCUT2D eigenvalue weighted by atomic mass is 10.0. The number of carboxylic acids is 1. The normalized spacial score (nSPS) is 10.9. The van der Waals surface area contributed by atoms with E-state index in [1.165, 1.54) is 30.3 Å². The first kappa shape index (κ1) is 21.3. The summed E-state index contributed by atoms with van der Waals surface area (Å²) >= 11 is 17.8. The lowest BCUT2D eigenvalue weighted by molar-refractivity contribution is 0.0695. The summed E-state index contributed by atoms with van der Waals surface area (Å²) in [5.74, 6) is -2.01. The van der Waals surface area contributed by atoms with Crippen LogP contribution in [0.2, 0.25) is 15.2 Å². The minimum Gasteiger partial charge on any atom is -0.477 e. The number of carboxylic acid groups (broad SMARTS) is 1. The molecule has 3 aromatic rings. The van der Waals surface area contributed by atoms with Gasteiger partial charge >= 0.3 is 5.97 Å². The van der Waals surface area contributed by atoms with Crippen molar-refractivity contribution < 1.29 is 14.3 Å². The average molecular weight is 456 g/mol. The van der Waals surface area contributed by atoms with E-state index in [1.54, 1.807) is 10.6 Å². The summed E-state index contributed by atoms with van der Waals surface area (Å²) < 4.78 is 15.1. The van der Waals surface area contributed by atoms with Crippen LogP contribution in [-0.2, 0) is 13.0 Å². The zero-order valence-corrected chi connectivity index (χ0v) is 17.3. The summed E-state index contributed by atoms with van der Waals surface area (Å²) in [4.78, 5) is 28.5. The van der Waals surface area contributed by atoms with Gasteiger partial charge in [-0.2, -0.15) is 0 Å². The Morgan fingerprint density at radius 3 is 2.45 bits per heavy atom. The lowest BCUT2D eigenvalue weighted by Crippen LogP contribution is -2.23. The molecule has 0 bridgehead atoms. The van der Waals surface area contributed by atoms with Crippen molar-refractivity contribution in [2.45, 2.75) is 19.9 Å².